The lowest BCUT2D eigenvalue weighted by atomic mass is 10.2. The van der Waals surface area contributed by atoms with Gasteiger partial charge in [0.2, 0.25) is 0 Å². The minimum Gasteiger partial charge on any atom is -0.478 e. The number of hydrogen-bond acceptors (Lipinski definition) is 6. The Labute approximate surface area is 125 Å². The van der Waals surface area contributed by atoms with E-state index in [-0.39, 0.29) is 23.1 Å². The summed E-state index contributed by atoms with van der Waals surface area (Å²) in [5.74, 6) is -1.21. The van der Waals surface area contributed by atoms with E-state index in [0.29, 0.717) is 0 Å². The van der Waals surface area contributed by atoms with Crippen molar-refractivity contribution in [2.24, 2.45) is 0 Å². The third kappa shape index (κ3) is 3.84. The summed E-state index contributed by atoms with van der Waals surface area (Å²) >= 11 is 1.46. The van der Waals surface area contributed by atoms with Crippen LogP contribution in [0.25, 0.3) is 0 Å². The summed E-state index contributed by atoms with van der Waals surface area (Å²) in [7, 11) is -3.77. The average molecular weight is 327 g/mol. The van der Waals surface area contributed by atoms with E-state index in [0.717, 1.165) is 11.2 Å². The molecule has 2 N–H and O–H groups in total. The number of carboxylic acid groups (broad SMARTS) is 1. The first-order valence-electron chi connectivity index (χ1n) is 5.98. The maximum Gasteiger partial charge on any atom is 0.337 e. The van der Waals surface area contributed by atoms with Gasteiger partial charge in [0.25, 0.3) is 10.0 Å². The van der Waals surface area contributed by atoms with E-state index in [2.05, 4.69) is 14.7 Å². The fourth-order valence-electron chi connectivity index (χ4n) is 1.54. The maximum absolute atomic E-state index is 12.0. The molecule has 0 radical (unpaired) electrons. The van der Waals surface area contributed by atoms with E-state index in [4.69, 9.17) is 5.11 Å². The van der Waals surface area contributed by atoms with Crippen LogP contribution in [0.5, 0.6) is 0 Å². The zero-order valence-corrected chi connectivity index (χ0v) is 12.7. The van der Waals surface area contributed by atoms with Gasteiger partial charge in [-0.05, 0) is 12.1 Å². The van der Waals surface area contributed by atoms with E-state index in [1.54, 1.807) is 6.20 Å². The number of carboxylic acids is 1. The number of hydrogen-bond donors (Lipinski definition) is 2. The topological polar surface area (TPSA) is 109 Å². The molecule has 0 aliphatic heterocycles. The standard InChI is InChI=1S/C12H13N3O4S2/c1-8(11-13-4-5-20-11)6-15-21(18,19)10-3-2-9(7-14-10)12(16)17/h2-5,7-8,15H,6H2,1H3,(H,16,17). The number of thiazole rings is 1. The zero-order valence-electron chi connectivity index (χ0n) is 11.1. The van der Waals surface area contributed by atoms with Crippen molar-refractivity contribution in [1.82, 2.24) is 14.7 Å². The van der Waals surface area contributed by atoms with Crippen molar-refractivity contribution in [3.8, 4) is 0 Å². The molecule has 0 bridgehead atoms. The summed E-state index contributed by atoms with van der Waals surface area (Å²) in [6.45, 7) is 2.06. The average Bonchev–Trinajstić information content (AvgIpc) is 2.99. The van der Waals surface area contributed by atoms with E-state index >= 15 is 0 Å². The van der Waals surface area contributed by atoms with Gasteiger partial charge in [-0.3, -0.25) is 0 Å². The summed E-state index contributed by atoms with van der Waals surface area (Å²) in [5.41, 5.74) is -0.0647. The number of pyridine rings is 1. The predicted molar refractivity (Wildman–Crippen MR) is 76.9 cm³/mol. The Morgan fingerprint density at radius 2 is 2.19 bits per heavy atom. The van der Waals surface area contributed by atoms with Crippen LogP contribution >= 0.6 is 11.3 Å². The number of nitrogens with one attached hydrogen (secondary N) is 1. The largest absolute Gasteiger partial charge is 0.478 e. The maximum atomic E-state index is 12.0. The van der Waals surface area contributed by atoms with Gasteiger partial charge in [-0.15, -0.1) is 11.3 Å². The lowest BCUT2D eigenvalue weighted by Crippen LogP contribution is -2.28. The number of nitrogens with zero attached hydrogens (tertiary/aromatic N) is 2. The molecular formula is C12H13N3O4S2. The second-order valence-corrected chi connectivity index (χ2v) is 6.95. The highest BCUT2D eigenvalue weighted by Crippen LogP contribution is 2.17. The van der Waals surface area contributed by atoms with Crippen molar-refractivity contribution >= 4 is 27.3 Å². The van der Waals surface area contributed by atoms with Crippen molar-refractivity contribution < 1.29 is 18.3 Å². The molecule has 1 atom stereocenters. The monoisotopic (exact) mass is 327 g/mol. The van der Waals surface area contributed by atoms with Gasteiger partial charge >= 0.3 is 5.97 Å². The lowest BCUT2D eigenvalue weighted by molar-refractivity contribution is 0.0696. The van der Waals surface area contributed by atoms with E-state index in [9.17, 15) is 13.2 Å². The van der Waals surface area contributed by atoms with Gasteiger partial charge in [-0.25, -0.2) is 27.9 Å². The molecule has 0 fully saturated rings. The number of carbonyl (C=O) groups is 1. The number of aromatic carboxylic acids is 1. The molecule has 0 aromatic carbocycles. The van der Waals surface area contributed by atoms with E-state index in [1.807, 2.05) is 12.3 Å². The molecule has 2 aromatic rings. The molecule has 112 valence electrons. The van der Waals surface area contributed by atoms with Gasteiger partial charge in [0.15, 0.2) is 5.03 Å². The highest BCUT2D eigenvalue weighted by atomic mass is 32.2. The Bertz CT molecular complexity index is 711. The molecule has 0 saturated heterocycles. The van der Waals surface area contributed by atoms with Gasteiger partial charge in [0.05, 0.1) is 10.6 Å². The van der Waals surface area contributed by atoms with E-state index < -0.39 is 16.0 Å². The van der Waals surface area contributed by atoms with Crippen LogP contribution in [-0.4, -0.2) is 36.0 Å². The van der Waals surface area contributed by atoms with Crippen LogP contribution in [0, 0.1) is 0 Å². The normalized spacial score (nSPS) is 13.0. The van der Waals surface area contributed by atoms with Crippen LogP contribution in [0.3, 0.4) is 0 Å². The Morgan fingerprint density at radius 3 is 2.71 bits per heavy atom. The molecule has 21 heavy (non-hydrogen) atoms. The number of aromatic nitrogens is 2. The summed E-state index contributed by atoms with van der Waals surface area (Å²) in [6, 6.07) is 2.37. The van der Waals surface area contributed by atoms with Crippen molar-refractivity contribution in [2.45, 2.75) is 17.9 Å². The SMILES string of the molecule is CC(CNS(=O)(=O)c1ccc(C(=O)O)cn1)c1nccs1. The molecule has 1 unspecified atom stereocenters. The Kier molecular flexibility index (Phi) is 4.66. The lowest BCUT2D eigenvalue weighted by Gasteiger charge is -2.10. The van der Waals surface area contributed by atoms with Crippen molar-refractivity contribution in [2.75, 3.05) is 6.54 Å². The molecular weight excluding hydrogens is 314 g/mol. The quantitative estimate of drug-likeness (QED) is 0.828. The zero-order chi connectivity index (χ0) is 15.5. The minimum atomic E-state index is -3.77. The summed E-state index contributed by atoms with van der Waals surface area (Å²) in [6.07, 6.45) is 2.68. The highest BCUT2D eigenvalue weighted by molar-refractivity contribution is 7.89. The molecule has 2 heterocycles. The Hall–Kier alpha value is -1.84. The molecule has 2 rings (SSSR count). The number of rotatable bonds is 6. The molecule has 0 saturated carbocycles. The first-order valence-corrected chi connectivity index (χ1v) is 8.35. The molecule has 2 aromatic heterocycles. The Balaban J connectivity index is 2.06. The third-order valence-electron chi connectivity index (χ3n) is 2.71. The molecule has 0 amide bonds. The number of sulfonamides is 1. The Morgan fingerprint density at radius 1 is 1.43 bits per heavy atom. The smallest absolute Gasteiger partial charge is 0.337 e. The third-order valence-corrected chi connectivity index (χ3v) is 5.06. The summed E-state index contributed by atoms with van der Waals surface area (Å²) in [4.78, 5) is 18.5. The van der Waals surface area contributed by atoms with Crippen LogP contribution in [-0.2, 0) is 10.0 Å². The molecule has 0 aliphatic carbocycles. The van der Waals surface area contributed by atoms with Crippen molar-refractivity contribution in [3.05, 3.63) is 40.5 Å². The van der Waals surface area contributed by atoms with Gasteiger partial charge in [0, 0.05) is 30.2 Å². The highest BCUT2D eigenvalue weighted by Gasteiger charge is 2.18. The van der Waals surface area contributed by atoms with Crippen molar-refractivity contribution in [3.63, 3.8) is 0 Å². The molecule has 0 spiro atoms. The summed E-state index contributed by atoms with van der Waals surface area (Å²) in [5, 5.41) is 11.2. The fraction of sp³-hybridized carbons (Fsp3) is 0.250. The second-order valence-electron chi connectivity index (χ2n) is 4.31. The first kappa shape index (κ1) is 15.5. The van der Waals surface area contributed by atoms with E-state index in [1.165, 1.54) is 23.5 Å². The van der Waals surface area contributed by atoms with Crippen molar-refractivity contribution in [1.29, 1.82) is 0 Å². The first-order chi connectivity index (χ1) is 9.90. The van der Waals surface area contributed by atoms with Crippen LogP contribution in [0.2, 0.25) is 0 Å². The van der Waals surface area contributed by atoms with Crippen LogP contribution in [0.15, 0.2) is 34.9 Å². The van der Waals surface area contributed by atoms with Crippen LogP contribution in [0.1, 0.15) is 28.2 Å². The minimum absolute atomic E-state index is 0.0573. The van der Waals surface area contributed by atoms with Gasteiger partial charge in [0.1, 0.15) is 0 Å². The predicted octanol–water partition coefficient (Wildman–Crippen LogP) is 1.32. The fourth-order valence-corrected chi connectivity index (χ4v) is 3.29. The molecule has 9 heteroatoms. The van der Waals surface area contributed by atoms with Gasteiger partial charge in [-0.1, -0.05) is 6.92 Å². The summed E-state index contributed by atoms with van der Waals surface area (Å²) < 4.78 is 26.5. The van der Waals surface area contributed by atoms with Crippen LogP contribution in [0.4, 0.5) is 0 Å². The molecule has 7 nitrogen and oxygen atoms in total. The second kappa shape index (κ2) is 6.29. The van der Waals surface area contributed by atoms with Gasteiger partial charge in [-0.2, -0.15) is 0 Å². The van der Waals surface area contributed by atoms with Crippen LogP contribution < -0.4 is 4.72 Å². The molecule has 0 aliphatic rings. The van der Waals surface area contributed by atoms with Gasteiger partial charge < -0.3 is 5.11 Å².